The van der Waals surface area contributed by atoms with Gasteiger partial charge in [0.1, 0.15) is 5.82 Å². The van der Waals surface area contributed by atoms with Gasteiger partial charge in [-0.25, -0.2) is 4.98 Å². The lowest BCUT2D eigenvalue weighted by Crippen LogP contribution is -2.31. The number of imidazole rings is 1. The average Bonchev–Trinajstić information content (AvgIpc) is 4.03. The van der Waals surface area contributed by atoms with Gasteiger partial charge in [-0.05, 0) is 93.9 Å². The fraction of sp³-hybridized carbons (Fsp3) is 0.0678. The maximum atomic E-state index is 11.0. The molecule has 6 nitrogen and oxygen atoms in total. The van der Waals surface area contributed by atoms with Crippen LogP contribution in [0, 0.1) is 17.7 Å². The summed E-state index contributed by atoms with van der Waals surface area (Å²) in [7, 11) is 0. The van der Waals surface area contributed by atoms with Gasteiger partial charge in [0.05, 0.1) is 58.8 Å². The molecule has 3 aromatic heterocycles. The summed E-state index contributed by atoms with van der Waals surface area (Å²) >= 11 is 0. The fourth-order valence-corrected chi connectivity index (χ4v) is 8.72. The molecule has 8 aromatic carbocycles. The highest BCUT2D eigenvalue weighted by atomic mass is 15.2. The summed E-state index contributed by atoms with van der Waals surface area (Å²) in [5, 5.41) is 12.7. The molecule has 0 radical (unpaired) electrons. The van der Waals surface area contributed by atoms with E-state index in [1.807, 2.05) is 126 Å². The maximum Gasteiger partial charge on any atom is 0.269 e. The SMILES string of the molecule is [2H]c1c([2H])c([2H])c(-c2cccc(-c3c([2H])c([2H])c([2H])c([2H])c3[2H])c2-[n+]2[c-]n(-c3cccc(N(c4ccccc4)c4cc(C#N)c5c6ccccc6n(-c6cc(C(C)(C)C)ccn6)c5c4)c3)c3ccccc32)c([2H])c1[2H]. The minimum atomic E-state index is -0.577. The second-order valence-electron chi connectivity index (χ2n) is 16.7. The topological polar surface area (TPSA) is 53.7 Å². The molecule has 0 aliphatic heterocycles. The zero-order valence-corrected chi connectivity index (χ0v) is 35.6. The van der Waals surface area contributed by atoms with E-state index in [0.29, 0.717) is 33.8 Å². The normalized spacial score (nSPS) is 13.8. The molecule has 0 spiro atoms. The third-order valence-corrected chi connectivity index (χ3v) is 11.7. The second-order valence-corrected chi connectivity index (χ2v) is 16.7. The summed E-state index contributed by atoms with van der Waals surface area (Å²) < 4.78 is 93.3. The number of nitrogens with zero attached hydrogens (tertiary/aromatic N) is 6. The standard InChI is InChI=1S/C59H44N6/c1-59(2,3)44-33-34-61-56(36-44)65-52-30-14-13-27-51(52)57-43(39-60)35-48(38-55(57)65)64(45-23-11-6-12-24-45)47-26-17-25-46(37-47)62-40-63(54-32-16-15-31-53(54)62)58-49(41-19-7-4-8-20-41)28-18-29-50(58)42-21-9-5-10-22-42/h4-38H,1-3H3/i4D,5D,7D,8D,9D,10D,19D,20D,21D,22D. The molecule has 65 heavy (non-hydrogen) atoms. The average molecular weight is 847 g/mol. The summed E-state index contributed by atoms with van der Waals surface area (Å²) in [6.07, 6.45) is 5.32. The van der Waals surface area contributed by atoms with Crippen molar-refractivity contribution in [2.24, 2.45) is 0 Å². The Balaban J connectivity index is 1.16. The summed E-state index contributed by atoms with van der Waals surface area (Å²) in [5.74, 6) is 0.717. The van der Waals surface area contributed by atoms with Crippen molar-refractivity contribution in [3.63, 3.8) is 0 Å². The van der Waals surface area contributed by atoms with Gasteiger partial charge >= 0.3 is 0 Å². The van der Waals surface area contributed by atoms with E-state index in [1.54, 1.807) is 22.8 Å². The number of hydrogen-bond acceptors (Lipinski definition) is 3. The first-order valence-electron chi connectivity index (χ1n) is 26.1. The Hall–Kier alpha value is -8.53. The van der Waals surface area contributed by atoms with E-state index in [-0.39, 0.29) is 33.4 Å². The van der Waals surface area contributed by atoms with E-state index in [0.717, 1.165) is 38.7 Å². The lowest BCUT2D eigenvalue weighted by Gasteiger charge is -2.26. The van der Waals surface area contributed by atoms with Crippen molar-refractivity contribution >= 4 is 49.9 Å². The zero-order chi connectivity index (χ0) is 52.8. The van der Waals surface area contributed by atoms with Gasteiger partial charge in [-0.2, -0.15) is 5.26 Å². The van der Waals surface area contributed by atoms with Gasteiger partial charge in [0, 0.05) is 34.0 Å². The number of anilines is 3. The summed E-state index contributed by atoms with van der Waals surface area (Å²) in [6, 6.07) is 43.1. The number of hydrogen-bond donors (Lipinski definition) is 0. The van der Waals surface area contributed by atoms with Crippen molar-refractivity contribution in [3.05, 3.63) is 230 Å². The van der Waals surface area contributed by atoms with Crippen molar-refractivity contribution in [2.75, 3.05) is 4.90 Å². The Kier molecular flexibility index (Phi) is 7.31. The first kappa shape index (κ1) is 29.7. The van der Waals surface area contributed by atoms with Crippen LogP contribution < -0.4 is 9.47 Å². The van der Waals surface area contributed by atoms with Crippen molar-refractivity contribution < 1.29 is 18.3 Å². The Bertz CT molecular complexity index is 4060. The number of fused-ring (bicyclic) bond motifs is 4. The molecule has 0 atom stereocenters. The number of pyridine rings is 1. The van der Waals surface area contributed by atoms with Crippen LogP contribution in [0.1, 0.15) is 45.6 Å². The Labute approximate surface area is 392 Å². The molecule has 0 saturated heterocycles. The molecule has 11 rings (SSSR count). The predicted octanol–water partition coefficient (Wildman–Crippen LogP) is 14.2. The highest BCUT2D eigenvalue weighted by Crippen LogP contribution is 2.42. The largest absolute Gasteiger partial charge is 0.311 e. The van der Waals surface area contributed by atoms with Gasteiger partial charge in [-0.1, -0.05) is 166 Å². The van der Waals surface area contributed by atoms with Crippen LogP contribution in [0.5, 0.6) is 0 Å². The molecule has 310 valence electrons. The molecule has 0 aliphatic rings. The highest BCUT2D eigenvalue weighted by molar-refractivity contribution is 6.13. The fourth-order valence-electron chi connectivity index (χ4n) is 8.72. The smallest absolute Gasteiger partial charge is 0.269 e. The molecule has 0 fully saturated rings. The van der Waals surface area contributed by atoms with Crippen LogP contribution in [-0.2, 0) is 5.41 Å². The van der Waals surface area contributed by atoms with E-state index in [2.05, 4.69) is 54.8 Å². The van der Waals surface area contributed by atoms with E-state index in [4.69, 9.17) is 18.7 Å². The van der Waals surface area contributed by atoms with E-state index >= 15 is 0 Å². The van der Waals surface area contributed by atoms with Gasteiger partial charge in [0.2, 0.25) is 0 Å². The van der Waals surface area contributed by atoms with Crippen LogP contribution in [-0.4, -0.2) is 14.1 Å². The van der Waals surface area contributed by atoms with Crippen LogP contribution in [0.4, 0.5) is 17.1 Å². The van der Waals surface area contributed by atoms with Crippen LogP contribution in [0.15, 0.2) is 212 Å². The summed E-state index contributed by atoms with van der Waals surface area (Å²) in [5.41, 5.74) is 7.31. The number of nitriles is 1. The van der Waals surface area contributed by atoms with Crippen molar-refractivity contribution in [1.29, 1.82) is 5.26 Å². The zero-order valence-electron chi connectivity index (χ0n) is 45.6. The van der Waals surface area contributed by atoms with Crippen molar-refractivity contribution in [1.82, 2.24) is 14.1 Å². The van der Waals surface area contributed by atoms with Gasteiger partial charge in [0.15, 0.2) is 0 Å². The van der Waals surface area contributed by atoms with Crippen molar-refractivity contribution in [2.45, 2.75) is 26.2 Å². The summed E-state index contributed by atoms with van der Waals surface area (Å²) in [4.78, 5) is 6.97. The van der Waals surface area contributed by atoms with Crippen LogP contribution in [0.3, 0.4) is 0 Å². The number of para-hydroxylation sites is 5. The molecular weight excluding hydrogens is 793 g/mol. The lowest BCUT2D eigenvalue weighted by atomic mass is 9.88. The van der Waals surface area contributed by atoms with Gasteiger partial charge in [0.25, 0.3) is 6.33 Å². The number of rotatable bonds is 8. The molecule has 6 heteroatoms. The monoisotopic (exact) mass is 846 g/mol. The molecule has 0 saturated carbocycles. The van der Waals surface area contributed by atoms with Gasteiger partial charge in [-0.15, -0.1) is 0 Å². The van der Waals surface area contributed by atoms with Gasteiger partial charge in [-0.3, -0.25) is 13.7 Å². The Morgan fingerprint density at radius 3 is 1.98 bits per heavy atom. The van der Waals surface area contributed by atoms with E-state index in [1.165, 1.54) is 0 Å². The Morgan fingerprint density at radius 1 is 0.631 bits per heavy atom. The third-order valence-electron chi connectivity index (χ3n) is 11.7. The van der Waals surface area contributed by atoms with Crippen LogP contribution >= 0.6 is 0 Å². The molecule has 0 unspecified atom stereocenters. The molecule has 0 amide bonds. The molecular formula is C59H44N6. The predicted molar refractivity (Wildman–Crippen MR) is 265 cm³/mol. The quantitative estimate of drug-likeness (QED) is 0.113. The number of aromatic nitrogens is 4. The molecule has 11 aromatic rings. The maximum absolute atomic E-state index is 11.0. The van der Waals surface area contributed by atoms with Crippen LogP contribution in [0.25, 0.3) is 72.3 Å². The number of benzene rings is 8. The lowest BCUT2D eigenvalue weighted by molar-refractivity contribution is -0.571. The highest BCUT2D eigenvalue weighted by Gasteiger charge is 2.24. The second kappa shape index (κ2) is 16.0. The first-order valence-corrected chi connectivity index (χ1v) is 21.1. The molecule has 3 heterocycles. The van der Waals surface area contributed by atoms with Gasteiger partial charge < -0.3 is 4.90 Å². The minimum absolute atomic E-state index is 0.144. The Morgan fingerprint density at radius 2 is 1.28 bits per heavy atom. The minimum Gasteiger partial charge on any atom is -0.311 e. The first-order chi connectivity index (χ1) is 36.0. The van der Waals surface area contributed by atoms with E-state index < -0.39 is 60.4 Å². The van der Waals surface area contributed by atoms with Crippen molar-refractivity contribution in [3.8, 4) is 45.5 Å². The van der Waals surface area contributed by atoms with E-state index in [9.17, 15) is 5.26 Å². The summed E-state index contributed by atoms with van der Waals surface area (Å²) in [6.45, 7) is 6.49. The molecule has 0 aliphatic carbocycles. The third kappa shape index (κ3) is 6.91. The molecule has 0 N–H and O–H groups in total. The van der Waals surface area contributed by atoms with Crippen LogP contribution in [0.2, 0.25) is 0 Å². The molecule has 0 bridgehead atoms.